The monoisotopic (exact) mass is 283 g/mol. The van der Waals surface area contributed by atoms with Crippen molar-refractivity contribution in [1.82, 2.24) is 4.98 Å². The maximum atomic E-state index is 12.0. The lowest BCUT2D eigenvalue weighted by atomic mass is 10.0. The van der Waals surface area contributed by atoms with E-state index < -0.39 is 0 Å². The number of halogens is 1. The van der Waals surface area contributed by atoms with Crippen LogP contribution in [-0.2, 0) is 12.8 Å². The molecular formula is C17H14ClNO. The highest BCUT2D eigenvalue weighted by Gasteiger charge is 2.03. The highest BCUT2D eigenvalue weighted by molar-refractivity contribution is 6.30. The molecule has 1 heterocycles. The van der Waals surface area contributed by atoms with Crippen LogP contribution >= 0.6 is 11.6 Å². The first-order chi connectivity index (χ1) is 9.72. The third-order valence-electron chi connectivity index (χ3n) is 3.43. The van der Waals surface area contributed by atoms with Gasteiger partial charge >= 0.3 is 0 Å². The fourth-order valence-corrected chi connectivity index (χ4v) is 2.43. The molecule has 2 nitrogen and oxygen atoms in total. The fourth-order valence-electron chi connectivity index (χ4n) is 2.31. The Balaban J connectivity index is 1.85. The van der Waals surface area contributed by atoms with E-state index in [1.165, 1.54) is 5.56 Å². The van der Waals surface area contributed by atoms with Gasteiger partial charge in [0.05, 0.1) is 0 Å². The Hall–Kier alpha value is -2.06. The number of para-hydroxylation sites is 1. The van der Waals surface area contributed by atoms with E-state index >= 15 is 0 Å². The summed E-state index contributed by atoms with van der Waals surface area (Å²) in [4.78, 5) is 15.0. The minimum Gasteiger partial charge on any atom is -0.322 e. The molecule has 0 spiro atoms. The molecule has 3 aromatic rings. The number of hydrogen-bond acceptors (Lipinski definition) is 1. The van der Waals surface area contributed by atoms with Crippen LogP contribution in [-0.4, -0.2) is 4.98 Å². The van der Waals surface area contributed by atoms with E-state index in [9.17, 15) is 4.79 Å². The van der Waals surface area contributed by atoms with Gasteiger partial charge in [-0.2, -0.15) is 0 Å². The van der Waals surface area contributed by atoms with Crippen LogP contribution in [0.3, 0.4) is 0 Å². The maximum Gasteiger partial charge on any atom is 0.251 e. The number of H-pyrrole nitrogens is 1. The van der Waals surface area contributed by atoms with Crippen molar-refractivity contribution < 1.29 is 0 Å². The minimum absolute atomic E-state index is 0.00216. The number of rotatable bonds is 3. The fraction of sp³-hybridized carbons (Fsp3) is 0.118. The summed E-state index contributed by atoms with van der Waals surface area (Å²) < 4.78 is 0. The topological polar surface area (TPSA) is 32.9 Å². The molecule has 0 unspecified atom stereocenters. The van der Waals surface area contributed by atoms with Crippen molar-refractivity contribution in [1.29, 1.82) is 0 Å². The van der Waals surface area contributed by atoms with Gasteiger partial charge in [-0.15, -0.1) is 0 Å². The van der Waals surface area contributed by atoms with E-state index in [4.69, 9.17) is 11.6 Å². The van der Waals surface area contributed by atoms with Crippen molar-refractivity contribution >= 4 is 22.5 Å². The second-order valence-electron chi connectivity index (χ2n) is 4.84. The molecule has 0 fully saturated rings. The Labute approximate surface area is 122 Å². The van der Waals surface area contributed by atoms with Crippen molar-refractivity contribution in [2.75, 3.05) is 0 Å². The zero-order chi connectivity index (χ0) is 13.9. The normalized spacial score (nSPS) is 10.8. The molecule has 20 heavy (non-hydrogen) atoms. The molecule has 3 heteroatoms. The zero-order valence-electron chi connectivity index (χ0n) is 10.9. The average molecular weight is 284 g/mol. The summed E-state index contributed by atoms with van der Waals surface area (Å²) in [7, 11) is 0. The van der Waals surface area contributed by atoms with Crippen LogP contribution in [0.25, 0.3) is 10.9 Å². The number of aryl methyl sites for hydroxylation is 2. The number of benzene rings is 2. The lowest BCUT2D eigenvalue weighted by molar-refractivity contribution is 0.940. The number of nitrogens with one attached hydrogen (secondary N) is 1. The summed E-state index contributed by atoms with van der Waals surface area (Å²) >= 11 is 5.86. The molecule has 1 aromatic heterocycles. The smallest absolute Gasteiger partial charge is 0.251 e. The van der Waals surface area contributed by atoms with Crippen LogP contribution in [0.1, 0.15) is 11.1 Å². The summed E-state index contributed by atoms with van der Waals surface area (Å²) in [6, 6.07) is 17.5. The third kappa shape index (κ3) is 2.75. The second kappa shape index (κ2) is 5.51. The molecule has 0 atom stereocenters. The van der Waals surface area contributed by atoms with Crippen molar-refractivity contribution in [3.63, 3.8) is 0 Å². The molecule has 0 radical (unpaired) electrons. The number of aromatic nitrogens is 1. The van der Waals surface area contributed by atoms with Gasteiger partial charge in [-0.05, 0) is 48.1 Å². The van der Waals surface area contributed by atoms with E-state index in [-0.39, 0.29) is 5.56 Å². The molecule has 0 saturated carbocycles. The van der Waals surface area contributed by atoms with E-state index in [1.54, 1.807) is 0 Å². The van der Waals surface area contributed by atoms with Crippen LogP contribution in [0.4, 0.5) is 0 Å². The Kier molecular flexibility index (Phi) is 3.57. The largest absolute Gasteiger partial charge is 0.322 e. The van der Waals surface area contributed by atoms with Gasteiger partial charge in [0.1, 0.15) is 0 Å². The highest BCUT2D eigenvalue weighted by Crippen LogP contribution is 2.13. The van der Waals surface area contributed by atoms with Crippen LogP contribution < -0.4 is 5.56 Å². The third-order valence-corrected chi connectivity index (χ3v) is 3.68. The number of aromatic amines is 1. The van der Waals surface area contributed by atoms with E-state index in [2.05, 4.69) is 4.98 Å². The van der Waals surface area contributed by atoms with Crippen molar-refractivity contribution in [2.24, 2.45) is 0 Å². The molecule has 100 valence electrons. The summed E-state index contributed by atoms with van der Waals surface area (Å²) in [5.41, 5.74) is 2.88. The van der Waals surface area contributed by atoms with Crippen LogP contribution in [0.5, 0.6) is 0 Å². The zero-order valence-corrected chi connectivity index (χ0v) is 11.7. The molecule has 0 aliphatic rings. The van der Waals surface area contributed by atoms with Crippen LogP contribution in [0.15, 0.2) is 59.4 Å². The highest BCUT2D eigenvalue weighted by atomic mass is 35.5. The van der Waals surface area contributed by atoms with Crippen molar-refractivity contribution in [3.8, 4) is 0 Å². The summed E-state index contributed by atoms with van der Waals surface area (Å²) in [6.07, 6.45) is 1.56. The Morgan fingerprint density at radius 2 is 1.70 bits per heavy atom. The molecule has 0 aliphatic heterocycles. The first-order valence-corrected chi connectivity index (χ1v) is 6.95. The molecule has 1 N–H and O–H groups in total. The molecule has 0 saturated heterocycles. The van der Waals surface area contributed by atoms with E-state index in [1.807, 2.05) is 54.6 Å². The average Bonchev–Trinajstić information content (AvgIpc) is 2.47. The minimum atomic E-state index is -0.00216. The van der Waals surface area contributed by atoms with Crippen molar-refractivity contribution in [3.05, 3.63) is 81.1 Å². The van der Waals surface area contributed by atoms with Crippen LogP contribution in [0.2, 0.25) is 5.02 Å². The van der Waals surface area contributed by atoms with Gasteiger partial charge in [-0.3, -0.25) is 4.79 Å². The summed E-state index contributed by atoms with van der Waals surface area (Å²) in [5, 5.41) is 1.80. The standard InChI is InChI=1S/C17H14ClNO/c18-15-9-6-12(7-10-15)5-8-14-11-13-3-1-2-4-16(13)19-17(14)20/h1-4,6-7,9-11H,5,8H2,(H,19,20). The molecule has 3 rings (SSSR count). The van der Waals surface area contributed by atoms with Gasteiger partial charge in [-0.1, -0.05) is 41.9 Å². The van der Waals surface area contributed by atoms with Crippen LogP contribution in [0, 0.1) is 0 Å². The molecule has 2 aromatic carbocycles. The Bertz CT molecular complexity index is 790. The van der Waals surface area contributed by atoms with Gasteiger partial charge < -0.3 is 4.98 Å². The number of pyridine rings is 1. The molecular weight excluding hydrogens is 270 g/mol. The number of fused-ring (bicyclic) bond motifs is 1. The lowest BCUT2D eigenvalue weighted by Gasteiger charge is -2.04. The summed E-state index contributed by atoms with van der Waals surface area (Å²) in [6.45, 7) is 0. The quantitative estimate of drug-likeness (QED) is 0.775. The van der Waals surface area contributed by atoms with Gasteiger partial charge in [0.15, 0.2) is 0 Å². The first-order valence-electron chi connectivity index (χ1n) is 6.58. The maximum absolute atomic E-state index is 12.0. The van der Waals surface area contributed by atoms with E-state index in [0.717, 1.165) is 34.3 Å². The molecule has 0 aliphatic carbocycles. The molecule has 0 bridgehead atoms. The van der Waals surface area contributed by atoms with Gasteiger partial charge in [-0.25, -0.2) is 0 Å². The van der Waals surface area contributed by atoms with E-state index in [0.29, 0.717) is 0 Å². The van der Waals surface area contributed by atoms with Gasteiger partial charge in [0.2, 0.25) is 0 Å². The summed E-state index contributed by atoms with van der Waals surface area (Å²) in [5.74, 6) is 0. The first kappa shape index (κ1) is 12.9. The van der Waals surface area contributed by atoms with Crippen molar-refractivity contribution in [2.45, 2.75) is 12.8 Å². The SMILES string of the molecule is O=c1[nH]c2ccccc2cc1CCc1ccc(Cl)cc1. The van der Waals surface area contributed by atoms with Gasteiger partial charge in [0, 0.05) is 16.1 Å². The predicted molar refractivity (Wildman–Crippen MR) is 83.4 cm³/mol. The lowest BCUT2D eigenvalue weighted by Crippen LogP contribution is -2.13. The molecule has 0 amide bonds. The predicted octanol–water partition coefficient (Wildman–Crippen LogP) is 3.97. The Morgan fingerprint density at radius 1 is 0.950 bits per heavy atom. The van der Waals surface area contributed by atoms with Gasteiger partial charge in [0.25, 0.3) is 5.56 Å². The Morgan fingerprint density at radius 3 is 2.50 bits per heavy atom. The number of hydrogen-bond donors (Lipinski definition) is 1. The second-order valence-corrected chi connectivity index (χ2v) is 5.27.